The Morgan fingerprint density at radius 1 is 1.53 bits per heavy atom. The van der Waals surface area contributed by atoms with Crippen LogP contribution in [0.3, 0.4) is 0 Å². The maximum Gasteiger partial charge on any atom is 0.185 e. The first-order valence-corrected chi connectivity index (χ1v) is 7.92. The van der Waals surface area contributed by atoms with Gasteiger partial charge in [-0.1, -0.05) is 13.8 Å². The normalized spacial score (nSPS) is 23.9. The fourth-order valence-corrected chi connectivity index (χ4v) is 3.53. The number of rotatable bonds is 5. The zero-order valence-electron chi connectivity index (χ0n) is 12.4. The lowest BCUT2D eigenvalue weighted by molar-refractivity contribution is 0.0498. The van der Waals surface area contributed by atoms with E-state index in [2.05, 4.69) is 31.0 Å². The monoisotopic (exact) mass is 283 g/mol. The summed E-state index contributed by atoms with van der Waals surface area (Å²) in [6.45, 7) is 10.5. The lowest BCUT2D eigenvalue weighted by Gasteiger charge is -2.36. The largest absolute Gasteiger partial charge is 0.379 e. The average Bonchev–Trinajstić information content (AvgIpc) is 2.78. The molecule has 0 amide bonds. The van der Waals surface area contributed by atoms with Crippen molar-refractivity contribution in [2.45, 2.75) is 39.8 Å². The molecule has 2 rings (SSSR count). The van der Waals surface area contributed by atoms with Gasteiger partial charge in [0.25, 0.3) is 0 Å². The van der Waals surface area contributed by atoms with Crippen molar-refractivity contribution in [2.75, 3.05) is 31.6 Å². The molecule has 0 aromatic carbocycles. The van der Waals surface area contributed by atoms with Crippen LogP contribution in [-0.4, -0.2) is 37.8 Å². The van der Waals surface area contributed by atoms with Gasteiger partial charge < -0.3 is 15.0 Å². The molecule has 1 fully saturated rings. The zero-order valence-corrected chi connectivity index (χ0v) is 13.2. The van der Waals surface area contributed by atoms with Crippen LogP contribution >= 0.6 is 11.3 Å². The summed E-state index contributed by atoms with van der Waals surface area (Å²) in [5, 5.41) is 4.53. The number of hydrogen-bond donors (Lipinski definition) is 1. The highest BCUT2D eigenvalue weighted by molar-refractivity contribution is 7.15. The fraction of sp³-hybridized carbons (Fsp3) is 0.786. The summed E-state index contributed by atoms with van der Waals surface area (Å²) < 4.78 is 5.58. The number of anilines is 1. The van der Waals surface area contributed by atoms with Crippen molar-refractivity contribution in [3.05, 3.63) is 10.6 Å². The van der Waals surface area contributed by atoms with Gasteiger partial charge in [-0.2, -0.15) is 0 Å². The molecule has 0 saturated carbocycles. The van der Waals surface area contributed by atoms with E-state index in [0.717, 1.165) is 37.0 Å². The van der Waals surface area contributed by atoms with Gasteiger partial charge >= 0.3 is 0 Å². The molecule has 2 heterocycles. The maximum absolute atomic E-state index is 5.58. The molecule has 1 aromatic heterocycles. The van der Waals surface area contributed by atoms with E-state index in [-0.39, 0.29) is 0 Å². The molecular weight excluding hydrogens is 258 g/mol. The molecule has 1 saturated heterocycles. The highest BCUT2D eigenvalue weighted by atomic mass is 32.1. The highest BCUT2D eigenvalue weighted by Gasteiger charge is 2.27. The van der Waals surface area contributed by atoms with Crippen LogP contribution in [0.5, 0.6) is 0 Å². The molecule has 0 aliphatic carbocycles. The average molecular weight is 283 g/mol. The van der Waals surface area contributed by atoms with Crippen LogP contribution in [-0.2, 0) is 11.3 Å². The van der Waals surface area contributed by atoms with Gasteiger partial charge in [-0.05, 0) is 25.8 Å². The van der Waals surface area contributed by atoms with Crippen molar-refractivity contribution in [3.8, 4) is 0 Å². The van der Waals surface area contributed by atoms with Crippen LogP contribution in [0.1, 0.15) is 30.8 Å². The van der Waals surface area contributed by atoms with Crippen LogP contribution in [0.15, 0.2) is 0 Å². The molecule has 0 spiro atoms. The van der Waals surface area contributed by atoms with Crippen molar-refractivity contribution >= 4 is 16.5 Å². The topological polar surface area (TPSA) is 37.4 Å². The predicted octanol–water partition coefficient (Wildman–Crippen LogP) is 2.42. The van der Waals surface area contributed by atoms with Crippen molar-refractivity contribution in [2.24, 2.45) is 5.92 Å². The number of hydrogen-bond acceptors (Lipinski definition) is 5. The van der Waals surface area contributed by atoms with Crippen LogP contribution < -0.4 is 10.2 Å². The third-order valence-corrected chi connectivity index (χ3v) is 5.10. The number of nitrogens with one attached hydrogen (secondary N) is 1. The number of aryl methyl sites for hydroxylation is 1. The molecule has 4 nitrogen and oxygen atoms in total. The van der Waals surface area contributed by atoms with Gasteiger partial charge in [0.1, 0.15) is 0 Å². The Morgan fingerprint density at radius 2 is 2.32 bits per heavy atom. The molecule has 1 N–H and O–H groups in total. The van der Waals surface area contributed by atoms with Gasteiger partial charge in [-0.25, -0.2) is 4.98 Å². The third kappa shape index (κ3) is 3.46. The van der Waals surface area contributed by atoms with Crippen LogP contribution in [0, 0.1) is 12.8 Å². The van der Waals surface area contributed by atoms with Crippen LogP contribution in [0.25, 0.3) is 0 Å². The van der Waals surface area contributed by atoms with Crippen molar-refractivity contribution in [3.63, 3.8) is 0 Å². The lowest BCUT2D eigenvalue weighted by Crippen LogP contribution is -2.43. The van der Waals surface area contributed by atoms with Gasteiger partial charge in [0.05, 0.1) is 11.8 Å². The molecule has 1 aliphatic heterocycles. The number of piperidine rings is 1. The summed E-state index contributed by atoms with van der Waals surface area (Å²) in [4.78, 5) is 8.46. The van der Waals surface area contributed by atoms with E-state index >= 15 is 0 Å². The summed E-state index contributed by atoms with van der Waals surface area (Å²) in [5.41, 5.74) is 1.16. The van der Waals surface area contributed by atoms with Gasteiger partial charge in [-0.15, -0.1) is 11.3 Å². The number of thiazole rings is 1. The Balaban J connectivity index is 2.05. The van der Waals surface area contributed by atoms with E-state index < -0.39 is 0 Å². The predicted molar refractivity (Wildman–Crippen MR) is 81.0 cm³/mol. The number of ether oxygens (including phenoxy) is 1. The smallest absolute Gasteiger partial charge is 0.185 e. The van der Waals surface area contributed by atoms with Crippen LogP contribution in [0.2, 0.25) is 0 Å². The quantitative estimate of drug-likeness (QED) is 0.900. The molecule has 5 heteroatoms. The van der Waals surface area contributed by atoms with E-state index in [1.165, 1.54) is 11.3 Å². The minimum atomic E-state index is 0.329. The Labute approximate surface area is 120 Å². The second-order valence-corrected chi connectivity index (χ2v) is 6.33. The van der Waals surface area contributed by atoms with E-state index in [1.807, 2.05) is 18.4 Å². The molecule has 108 valence electrons. The maximum atomic E-state index is 5.58. The molecule has 2 unspecified atom stereocenters. The molecule has 1 aliphatic rings. The van der Waals surface area contributed by atoms with Crippen molar-refractivity contribution in [1.29, 1.82) is 0 Å². The Bertz CT molecular complexity index is 407. The fourth-order valence-electron chi connectivity index (χ4n) is 2.46. The summed E-state index contributed by atoms with van der Waals surface area (Å²) in [6, 6.07) is 0. The summed E-state index contributed by atoms with van der Waals surface area (Å²) >= 11 is 1.82. The van der Waals surface area contributed by atoms with Crippen molar-refractivity contribution < 1.29 is 4.74 Å². The first-order valence-electron chi connectivity index (χ1n) is 7.10. The Morgan fingerprint density at radius 3 is 3.00 bits per heavy atom. The Kier molecular flexibility index (Phi) is 5.19. The molecule has 19 heavy (non-hydrogen) atoms. The highest BCUT2D eigenvalue weighted by Crippen LogP contribution is 2.30. The summed E-state index contributed by atoms with van der Waals surface area (Å²) in [7, 11) is 1.81. The van der Waals surface area contributed by atoms with Gasteiger partial charge in [0.2, 0.25) is 0 Å². The van der Waals surface area contributed by atoms with E-state index in [1.54, 1.807) is 0 Å². The van der Waals surface area contributed by atoms with Gasteiger partial charge in [0, 0.05) is 31.6 Å². The van der Waals surface area contributed by atoms with E-state index in [0.29, 0.717) is 12.0 Å². The van der Waals surface area contributed by atoms with Gasteiger partial charge in [0.15, 0.2) is 5.13 Å². The number of nitrogens with zero attached hydrogens (tertiary/aromatic N) is 2. The lowest BCUT2D eigenvalue weighted by atomic mass is 9.96. The standard InChI is InChI=1S/C14H25N3OS/c1-5-15-8-13-11(3)16-14(19-13)17-7-6-10(2)12(9-17)18-4/h10,12,15H,5-9H2,1-4H3. The molecule has 1 aromatic rings. The second-order valence-electron chi connectivity index (χ2n) is 5.27. The summed E-state index contributed by atoms with van der Waals surface area (Å²) in [6.07, 6.45) is 1.51. The summed E-state index contributed by atoms with van der Waals surface area (Å²) in [5.74, 6) is 0.642. The first kappa shape index (κ1) is 14.8. The van der Waals surface area contributed by atoms with Crippen LogP contribution in [0.4, 0.5) is 5.13 Å². The Hall–Kier alpha value is -0.650. The second kappa shape index (κ2) is 6.68. The SMILES string of the molecule is CCNCc1sc(N2CCC(C)C(OC)C2)nc1C. The molecular formula is C14H25N3OS. The number of methoxy groups -OCH3 is 1. The van der Waals surface area contributed by atoms with Crippen molar-refractivity contribution in [1.82, 2.24) is 10.3 Å². The van der Waals surface area contributed by atoms with E-state index in [9.17, 15) is 0 Å². The molecule has 0 radical (unpaired) electrons. The van der Waals surface area contributed by atoms with Gasteiger partial charge in [-0.3, -0.25) is 0 Å². The zero-order chi connectivity index (χ0) is 13.8. The number of aromatic nitrogens is 1. The first-order chi connectivity index (χ1) is 9.15. The third-order valence-electron chi connectivity index (χ3n) is 3.88. The minimum absolute atomic E-state index is 0.329. The minimum Gasteiger partial charge on any atom is -0.379 e. The van der Waals surface area contributed by atoms with E-state index in [4.69, 9.17) is 9.72 Å². The molecule has 2 atom stereocenters. The molecule has 0 bridgehead atoms.